The number of aryl methyl sites for hydroxylation is 2. The molecule has 2 N–H and O–H groups in total. The van der Waals surface area contributed by atoms with Crippen LogP contribution in [0.5, 0.6) is 0 Å². The predicted octanol–water partition coefficient (Wildman–Crippen LogP) is 4.75. The Kier molecular flexibility index (Phi) is 7.05. The Labute approximate surface area is 186 Å². The van der Waals surface area contributed by atoms with Gasteiger partial charge in [0.15, 0.2) is 0 Å². The number of hydrogen-bond acceptors (Lipinski definition) is 5. The molecule has 6 nitrogen and oxygen atoms in total. The zero-order chi connectivity index (χ0) is 22.2. The van der Waals surface area contributed by atoms with Crippen LogP contribution >= 0.6 is 0 Å². The van der Waals surface area contributed by atoms with Gasteiger partial charge in [-0.25, -0.2) is 0 Å². The summed E-state index contributed by atoms with van der Waals surface area (Å²) in [5.41, 5.74) is 5.43. The molecule has 0 aliphatic heterocycles. The lowest BCUT2D eigenvalue weighted by atomic mass is 10.0. The molecule has 162 valence electrons. The molecule has 32 heavy (non-hydrogen) atoms. The minimum atomic E-state index is -0.803. The number of carbonyl (C=O) groups is 1. The van der Waals surface area contributed by atoms with Gasteiger partial charge in [-0.15, -0.1) is 0 Å². The largest absolute Gasteiger partial charge is 0.481 e. The maximum Gasteiger partial charge on any atom is 0.304 e. The van der Waals surface area contributed by atoms with Crippen molar-refractivity contribution in [1.29, 1.82) is 0 Å². The first kappa shape index (κ1) is 21.5. The van der Waals surface area contributed by atoms with Crippen molar-refractivity contribution in [3.05, 3.63) is 95.6 Å². The van der Waals surface area contributed by atoms with Crippen molar-refractivity contribution in [2.24, 2.45) is 0 Å². The monoisotopic (exact) mass is 427 g/mol. The zero-order valence-corrected chi connectivity index (χ0v) is 17.7. The van der Waals surface area contributed by atoms with Crippen LogP contribution < -0.4 is 5.32 Å². The first-order valence-corrected chi connectivity index (χ1v) is 10.7. The minimum absolute atomic E-state index is 0.109. The molecule has 0 radical (unpaired) electrons. The van der Waals surface area contributed by atoms with Crippen LogP contribution in [0.15, 0.2) is 83.4 Å². The molecule has 0 saturated heterocycles. The molecule has 1 aromatic heterocycles. The summed E-state index contributed by atoms with van der Waals surface area (Å²) in [5.74, 6) is 0.232. The van der Waals surface area contributed by atoms with E-state index in [1.165, 1.54) is 11.1 Å². The molecule has 0 aliphatic carbocycles. The molecule has 3 aromatic carbocycles. The highest BCUT2D eigenvalue weighted by Gasteiger charge is 2.11. The number of nitrogens with one attached hydrogen (secondary N) is 1. The standard InChI is InChI=1S/C26H25N3O3/c30-24(31)16-17-27-18-21-10-12-22(13-11-21)25-28-26(32-29-25)23-14-8-20(9-15-23)7-6-19-4-2-1-3-5-19/h1-5,8-15,27H,6-7,16-18H2,(H,30,31). The third-order valence-electron chi connectivity index (χ3n) is 5.23. The quantitative estimate of drug-likeness (QED) is 0.355. The first-order chi connectivity index (χ1) is 15.7. The van der Waals surface area contributed by atoms with Crippen molar-refractivity contribution in [2.45, 2.75) is 25.8 Å². The van der Waals surface area contributed by atoms with E-state index in [1.54, 1.807) is 0 Å². The number of carboxylic acids is 1. The second-order valence-corrected chi connectivity index (χ2v) is 7.62. The number of nitrogens with zero attached hydrogens (tertiary/aromatic N) is 2. The van der Waals surface area contributed by atoms with E-state index in [9.17, 15) is 4.79 Å². The van der Waals surface area contributed by atoms with Crippen LogP contribution in [0.1, 0.15) is 23.1 Å². The summed E-state index contributed by atoms with van der Waals surface area (Å²) in [4.78, 5) is 15.1. The van der Waals surface area contributed by atoms with Gasteiger partial charge in [-0.1, -0.05) is 71.9 Å². The van der Waals surface area contributed by atoms with Crippen LogP contribution in [0, 0.1) is 0 Å². The molecule has 6 heteroatoms. The third kappa shape index (κ3) is 5.89. The van der Waals surface area contributed by atoms with Crippen molar-refractivity contribution in [2.75, 3.05) is 6.54 Å². The van der Waals surface area contributed by atoms with E-state index in [4.69, 9.17) is 9.63 Å². The average Bonchev–Trinajstić information content (AvgIpc) is 3.32. The average molecular weight is 428 g/mol. The van der Waals surface area contributed by atoms with Crippen molar-refractivity contribution >= 4 is 5.97 Å². The Morgan fingerprint density at radius 2 is 1.44 bits per heavy atom. The van der Waals surface area contributed by atoms with Crippen LogP contribution in [-0.2, 0) is 24.2 Å². The molecule has 0 fully saturated rings. The Morgan fingerprint density at radius 3 is 2.12 bits per heavy atom. The van der Waals surface area contributed by atoms with Gasteiger partial charge < -0.3 is 14.9 Å². The van der Waals surface area contributed by atoms with Gasteiger partial charge in [0, 0.05) is 24.2 Å². The summed E-state index contributed by atoms with van der Waals surface area (Å²) in [6.45, 7) is 1.05. The van der Waals surface area contributed by atoms with Crippen molar-refractivity contribution in [1.82, 2.24) is 15.5 Å². The number of aliphatic carboxylic acids is 1. The lowest BCUT2D eigenvalue weighted by molar-refractivity contribution is -0.136. The van der Waals surface area contributed by atoms with Gasteiger partial charge in [0.25, 0.3) is 5.89 Å². The molecule has 0 bridgehead atoms. The van der Waals surface area contributed by atoms with Gasteiger partial charge in [-0.05, 0) is 41.7 Å². The van der Waals surface area contributed by atoms with Gasteiger partial charge in [0.05, 0.1) is 6.42 Å². The van der Waals surface area contributed by atoms with Gasteiger partial charge >= 0.3 is 5.97 Å². The Balaban J connectivity index is 1.34. The summed E-state index contributed by atoms with van der Waals surface area (Å²) in [6, 6.07) is 26.5. The number of hydrogen-bond donors (Lipinski definition) is 2. The third-order valence-corrected chi connectivity index (χ3v) is 5.23. The summed E-state index contributed by atoms with van der Waals surface area (Å²) in [5, 5.41) is 15.9. The number of carboxylic acid groups (broad SMARTS) is 1. The summed E-state index contributed by atoms with van der Waals surface area (Å²) in [6.07, 6.45) is 2.10. The molecule has 4 aromatic rings. The Bertz CT molecular complexity index is 1140. The Hall–Kier alpha value is -3.77. The lowest BCUT2D eigenvalue weighted by Crippen LogP contribution is -2.17. The Morgan fingerprint density at radius 1 is 0.812 bits per heavy atom. The molecule has 1 heterocycles. The number of aromatic nitrogens is 2. The molecule has 4 rings (SSSR count). The molecule has 0 saturated carbocycles. The van der Waals surface area contributed by atoms with Gasteiger partial charge in [-0.3, -0.25) is 4.79 Å². The van der Waals surface area contributed by atoms with Gasteiger partial charge in [0.2, 0.25) is 5.82 Å². The van der Waals surface area contributed by atoms with E-state index in [1.807, 2.05) is 42.5 Å². The van der Waals surface area contributed by atoms with E-state index in [0.717, 1.165) is 29.5 Å². The van der Waals surface area contributed by atoms with Gasteiger partial charge in [0.1, 0.15) is 0 Å². The maximum atomic E-state index is 10.6. The number of benzene rings is 3. The van der Waals surface area contributed by atoms with Crippen LogP contribution in [-0.4, -0.2) is 27.8 Å². The van der Waals surface area contributed by atoms with E-state index in [-0.39, 0.29) is 6.42 Å². The molecule has 0 unspecified atom stereocenters. The maximum absolute atomic E-state index is 10.6. The highest BCUT2D eigenvalue weighted by atomic mass is 16.5. The first-order valence-electron chi connectivity index (χ1n) is 10.7. The fourth-order valence-electron chi connectivity index (χ4n) is 3.41. The van der Waals surface area contributed by atoms with E-state index in [0.29, 0.717) is 24.8 Å². The lowest BCUT2D eigenvalue weighted by Gasteiger charge is -2.04. The molecule has 0 amide bonds. The SMILES string of the molecule is O=C(O)CCNCc1ccc(-c2noc(-c3ccc(CCc4ccccc4)cc3)n2)cc1. The highest BCUT2D eigenvalue weighted by molar-refractivity contribution is 5.66. The fourth-order valence-corrected chi connectivity index (χ4v) is 3.41. The molecule has 0 atom stereocenters. The molecular formula is C26H25N3O3. The van der Waals surface area contributed by atoms with Gasteiger partial charge in [-0.2, -0.15) is 4.98 Å². The highest BCUT2D eigenvalue weighted by Crippen LogP contribution is 2.23. The second kappa shape index (κ2) is 10.5. The molecule has 0 spiro atoms. The van der Waals surface area contributed by atoms with Crippen molar-refractivity contribution in [3.63, 3.8) is 0 Å². The zero-order valence-electron chi connectivity index (χ0n) is 17.7. The van der Waals surface area contributed by atoms with Crippen LogP contribution in [0.4, 0.5) is 0 Å². The van der Waals surface area contributed by atoms with E-state index >= 15 is 0 Å². The minimum Gasteiger partial charge on any atom is -0.481 e. The molecule has 0 aliphatic rings. The topological polar surface area (TPSA) is 88.2 Å². The number of rotatable bonds is 10. The van der Waals surface area contributed by atoms with E-state index in [2.05, 4.69) is 51.9 Å². The summed E-state index contributed by atoms with van der Waals surface area (Å²) < 4.78 is 5.48. The van der Waals surface area contributed by atoms with E-state index < -0.39 is 5.97 Å². The normalized spacial score (nSPS) is 10.9. The van der Waals surface area contributed by atoms with Crippen molar-refractivity contribution < 1.29 is 14.4 Å². The van der Waals surface area contributed by atoms with Crippen LogP contribution in [0.2, 0.25) is 0 Å². The summed E-state index contributed by atoms with van der Waals surface area (Å²) in [7, 11) is 0. The smallest absolute Gasteiger partial charge is 0.304 e. The molecular weight excluding hydrogens is 402 g/mol. The van der Waals surface area contributed by atoms with Crippen molar-refractivity contribution in [3.8, 4) is 22.8 Å². The van der Waals surface area contributed by atoms with Crippen LogP contribution in [0.3, 0.4) is 0 Å². The second-order valence-electron chi connectivity index (χ2n) is 7.62. The fraction of sp³-hybridized carbons (Fsp3) is 0.192. The predicted molar refractivity (Wildman–Crippen MR) is 123 cm³/mol. The summed E-state index contributed by atoms with van der Waals surface area (Å²) >= 11 is 0. The van der Waals surface area contributed by atoms with Crippen LogP contribution in [0.25, 0.3) is 22.8 Å².